The zero-order chi connectivity index (χ0) is 15.6. The molecule has 20 heavy (non-hydrogen) atoms. The van der Waals surface area contributed by atoms with Gasteiger partial charge in [0.1, 0.15) is 0 Å². The smallest absolute Gasteiger partial charge is 0.320 e. The van der Waals surface area contributed by atoms with Crippen LogP contribution in [0.25, 0.3) is 0 Å². The lowest BCUT2D eigenvalue weighted by Gasteiger charge is -2.02. The van der Waals surface area contributed by atoms with E-state index in [2.05, 4.69) is 8.37 Å². The molecule has 1 aromatic rings. The summed E-state index contributed by atoms with van der Waals surface area (Å²) in [6.07, 6.45) is 0. The molecule has 0 radical (unpaired) electrons. The molecule has 0 atom stereocenters. The SMILES string of the molecule is O=C(OS(=O)(=O)O)c1ccc(C(=O)OS(=O)(=O)O)cc1. The summed E-state index contributed by atoms with van der Waals surface area (Å²) in [5, 5.41) is 0. The van der Waals surface area contributed by atoms with E-state index < -0.39 is 32.7 Å². The summed E-state index contributed by atoms with van der Waals surface area (Å²) in [7, 11) is -9.95. The summed E-state index contributed by atoms with van der Waals surface area (Å²) in [6.45, 7) is 0. The minimum atomic E-state index is -4.98. The molecule has 0 unspecified atom stereocenters. The van der Waals surface area contributed by atoms with Crippen LogP contribution in [0, 0.1) is 0 Å². The maximum atomic E-state index is 11.2. The third-order valence-corrected chi connectivity index (χ3v) is 2.44. The average Bonchev–Trinajstić information content (AvgIpc) is 2.24. The molecule has 1 rings (SSSR count). The molecule has 0 aromatic heterocycles. The molecule has 0 fully saturated rings. The van der Waals surface area contributed by atoms with Crippen molar-refractivity contribution in [2.45, 2.75) is 0 Å². The van der Waals surface area contributed by atoms with E-state index in [4.69, 9.17) is 9.11 Å². The van der Waals surface area contributed by atoms with Crippen LogP contribution in [0.15, 0.2) is 24.3 Å². The van der Waals surface area contributed by atoms with Crippen LogP contribution in [0.1, 0.15) is 20.7 Å². The summed E-state index contributed by atoms with van der Waals surface area (Å²) in [5.74, 6) is -2.83. The van der Waals surface area contributed by atoms with Crippen LogP contribution in [-0.2, 0) is 29.2 Å². The first kappa shape index (κ1) is 16.0. The molecular weight excluding hydrogens is 320 g/mol. The Labute approximate surface area is 112 Å². The Balaban J connectivity index is 2.89. The topological polar surface area (TPSA) is 161 Å². The van der Waals surface area contributed by atoms with E-state index in [-0.39, 0.29) is 11.1 Å². The first-order chi connectivity index (χ1) is 8.98. The van der Waals surface area contributed by atoms with Crippen molar-refractivity contribution in [2.24, 2.45) is 0 Å². The van der Waals surface area contributed by atoms with Crippen LogP contribution in [-0.4, -0.2) is 37.9 Å². The van der Waals surface area contributed by atoms with E-state index in [0.717, 1.165) is 24.3 Å². The number of benzene rings is 1. The lowest BCUT2D eigenvalue weighted by molar-refractivity contribution is 0.0709. The summed E-state index contributed by atoms with van der Waals surface area (Å²) in [4.78, 5) is 22.3. The van der Waals surface area contributed by atoms with Gasteiger partial charge < -0.3 is 8.37 Å². The van der Waals surface area contributed by atoms with E-state index in [1.165, 1.54) is 0 Å². The zero-order valence-corrected chi connectivity index (χ0v) is 10.9. The molecule has 0 bridgehead atoms. The maximum Gasteiger partial charge on any atom is 0.449 e. The molecule has 0 aliphatic heterocycles. The molecule has 0 saturated carbocycles. The van der Waals surface area contributed by atoms with Crippen molar-refractivity contribution in [2.75, 3.05) is 0 Å². The Bertz CT molecular complexity index is 663. The van der Waals surface area contributed by atoms with E-state index in [1.54, 1.807) is 0 Å². The third kappa shape index (κ3) is 5.31. The second-order valence-electron chi connectivity index (χ2n) is 3.17. The van der Waals surface area contributed by atoms with Gasteiger partial charge in [-0.2, -0.15) is 16.8 Å². The van der Waals surface area contributed by atoms with Gasteiger partial charge in [-0.25, -0.2) is 9.59 Å². The number of hydrogen-bond acceptors (Lipinski definition) is 8. The van der Waals surface area contributed by atoms with Crippen molar-refractivity contribution >= 4 is 32.7 Å². The molecular formula is C8H6O10S2. The van der Waals surface area contributed by atoms with Crippen LogP contribution in [0.4, 0.5) is 0 Å². The molecule has 0 heterocycles. The number of carbonyl (C=O) groups is 2. The maximum absolute atomic E-state index is 11.2. The molecule has 1 aromatic carbocycles. The third-order valence-electron chi connectivity index (χ3n) is 1.72. The summed E-state index contributed by atoms with van der Waals surface area (Å²) in [6, 6.07) is 3.64. The van der Waals surface area contributed by atoms with E-state index in [1.807, 2.05) is 0 Å². The molecule has 2 N–H and O–H groups in total. The van der Waals surface area contributed by atoms with Gasteiger partial charge in [0.2, 0.25) is 0 Å². The van der Waals surface area contributed by atoms with E-state index >= 15 is 0 Å². The van der Waals surface area contributed by atoms with E-state index in [0.29, 0.717) is 0 Å². The minimum Gasteiger partial charge on any atom is -0.320 e. The first-order valence-electron chi connectivity index (χ1n) is 4.50. The first-order valence-corrected chi connectivity index (χ1v) is 7.23. The van der Waals surface area contributed by atoms with Gasteiger partial charge in [0.05, 0.1) is 11.1 Å². The van der Waals surface area contributed by atoms with Gasteiger partial charge in [0.15, 0.2) is 0 Å². The second-order valence-corrected chi connectivity index (χ2v) is 5.22. The highest BCUT2D eigenvalue weighted by atomic mass is 32.3. The van der Waals surface area contributed by atoms with Gasteiger partial charge >= 0.3 is 32.7 Å². The average molecular weight is 326 g/mol. The van der Waals surface area contributed by atoms with Gasteiger partial charge in [0, 0.05) is 0 Å². The van der Waals surface area contributed by atoms with Gasteiger partial charge in [-0.05, 0) is 24.3 Å². The van der Waals surface area contributed by atoms with Gasteiger partial charge in [-0.15, -0.1) is 0 Å². The highest BCUT2D eigenvalue weighted by molar-refractivity contribution is 7.81. The fourth-order valence-electron chi connectivity index (χ4n) is 1.03. The Morgan fingerprint density at radius 3 is 1.20 bits per heavy atom. The van der Waals surface area contributed by atoms with Crippen LogP contribution < -0.4 is 0 Å². The fourth-order valence-corrected chi connectivity index (χ4v) is 1.60. The van der Waals surface area contributed by atoms with Crippen LogP contribution in [0.5, 0.6) is 0 Å². The standard InChI is InChI=1S/C8H6O10S2/c9-7(17-19(11,12)13)5-1-2-6(4-3-5)8(10)18-20(14,15)16/h1-4H,(H,11,12,13)(H,14,15,16). The van der Waals surface area contributed by atoms with E-state index in [9.17, 15) is 26.4 Å². The molecule has 0 aliphatic rings. The predicted octanol–water partition coefficient (Wildman–Crippen LogP) is -0.394. The lowest BCUT2D eigenvalue weighted by atomic mass is 10.1. The number of carbonyl (C=O) groups excluding carboxylic acids is 2. The van der Waals surface area contributed by atoms with Crippen molar-refractivity contribution in [3.05, 3.63) is 35.4 Å². The number of rotatable bonds is 4. The van der Waals surface area contributed by atoms with Crippen LogP contribution in [0.3, 0.4) is 0 Å². The van der Waals surface area contributed by atoms with Crippen molar-refractivity contribution in [3.8, 4) is 0 Å². The lowest BCUT2D eigenvalue weighted by Crippen LogP contribution is -2.13. The molecule has 0 saturated heterocycles. The fraction of sp³-hybridized carbons (Fsp3) is 0. The number of hydrogen-bond donors (Lipinski definition) is 2. The minimum absolute atomic E-state index is 0.342. The van der Waals surface area contributed by atoms with Gasteiger partial charge in [-0.3, -0.25) is 9.11 Å². The molecule has 0 aliphatic carbocycles. The summed E-state index contributed by atoms with van der Waals surface area (Å²) < 4.78 is 65.0. The van der Waals surface area contributed by atoms with Crippen molar-refractivity contribution in [1.82, 2.24) is 0 Å². The molecule has 12 heteroatoms. The Morgan fingerprint density at radius 1 is 0.750 bits per heavy atom. The van der Waals surface area contributed by atoms with Crippen LogP contribution >= 0.6 is 0 Å². The molecule has 0 spiro atoms. The normalized spacial score (nSPS) is 11.7. The van der Waals surface area contributed by atoms with Gasteiger partial charge in [-0.1, -0.05) is 0 Å². The van der Waals surface area contributed by atoms with Crippen molar-refractivity contribution < 1.29 is 43.9 Å². The summed E-state index contributed by atoms with van der Waals surface area (Å²) >= 11 is 0. The zero-order valence-electron chi connectivity index (χ0n) is 9.29. The largest absolute Gasteiger partial charge is 0.449 e. The summed E-state index contributed by atoms with van der Waals surface area (Å²) in [5.41, 5.74) is -0.683. The quantitative estimate of drug-likeness (QED) is 0.696. The highest BCUT2D eigenvalue weighted by Crippen LogP contribution is 2.09. The Morgan fingerprint density at radius 2 is 1.00 bits per heavy atom. The Hall–Kier alpha value is -2.02. The monoisotopic (exact) mass is 326 g/mol. The molecule has 0 amide bonds. The van der Waals surface area contributed by atoms with Crippen LogP contribution in [0.2, 0.25) is 0 Å². The molecule has 10 nitrogen and oxygen atoms in total. The van der Waals surface area contributed by atoms with Crippen molar-refractivity contribution in [1.29, 1.82) is 0 Å². The van der Waals surface area contributed by atoms with Gasteiger partial charge in [0.25, 0.3) is 0 Å². The predicted molar refractivity (Wildman–Crippen MR) is 60.4 cm³/mol. The Kier molecular flexibility index (Phi) is 4.44. The van der Waals surface area contributed by atoms with Crippen molar-refractivity contribution in [3.63, 3.8) is 0 Å². The highest BCUT2D eigenvalue weighted by Gasteiger charge is 2.18. The second kappa shape index (κ2) is 5.54. The molecule has 110 valence electrons.